The maximum Gasteiger partial charge on any atom is 0.174 e. The Morgan fingerprint density at radius 3 is 2.38 bits per heavy atom. The van der Waals surface area contributed by atoms with Crippen LogP contribution in [0.15, 0.2) is 16.6 Å². The van der Waals surface area contributed by atoms with E-state index in [1.807, 2.05) is 6.92 Å². The van der Waals surface area contributed by atoms with E-state index in [4.69, 9.17) is 9.47 Å². The van der Waals surface area contributed by atoms with Crippen molar-refractivity contribution in [2.45, 2.75) is 71.4 Å². The molecule has 5 rings (SSSR count). The van der Waals surface area contributed by atoms with Crippen molar-refractivity contribution in [1.82, 2.24) is 5.32 Å². The monoisotopic (exact) mass is 421 g/mol. The minimum Gasteiger partial charge on any atom is -0.492 e. The van der Waals surface area contributed by atoms with Crippen LogP contribution in [0.3, 0.4) is 0 Å². The van der Waals surface area contributed by atoms with Gasteiger partial charge in [-0.25, -0.2) is 0 Å². The molecule has 0 aliphatic heterocycles. The molecule has 0 amide bonds. The molecule has 4 heteroatoms. The van der Waals surface area contributed by atoms with Crippen molar-refractivity contribution in [1.29, 1.82) is 0 Å². The van der Waals surface area contributed by atoms with E-state index in [9.17, 15) is 0 Å². The predicted molar refractivity (Wildman–Crippen MR) is 109 cm³/mol. The van der Waals surface area contributed by atoms with Crippen molar-refractivity contribution >= 4 is 15.9 Å². The summed E-state index contributed by atoms with van der Waals surface area (Å²) in [7, 11) is 1.69. The minimum absolute atomic E-state index is 0.321. The van der Waals surface area contributed by atoms with Gasteiger partial charge in [0.25, 0.3) is 0 Å². The van der Waals surface area contributed by atoms with Gasteiger partial charge in [0.15, 0.2) is 11.5 Å². The van der Waals surface area contributed by atoms with Gasteiger partial charge in [0, 0.05) is 12.1 Å². The number of hydrogen-bond donors (Lipinski definition) is 1. The molecule has 0 aromatic heterocycles. The van der Waals surface area contributed by atoms with Gasteiger partial charge in [-0.3, -0.25) is 0 Å². The van der Waals surface area contributed by atoms with Gasteiger partial charge in [0.2, 0.25) is 0 Å². The van der Waals surface area contributed by atoms with Crippen molar-refractivity contribution < 1.29 is 9.47 Å². The van der Waals surface area contributed by atoms with Gasteiger partial charge in [-0.05, 0) is 95.8 Å². The topological polar surface area (TPSA) is 30.5 Å². The van der Waals surface area contributed by atoms with Crippen LogP contribution in [-0.4, -0.2) is 19.3 Å². The maximum atomic E-state index is 5.79. The van der Waals surface area contributed by atoms with Crippen molar-refractivity contribution in [3.05, 3.63) is 22.2 Å². The standard InChI is InChI=1S/C22H32BrNO2/c1-5-26-18-7-15(6-17(23)19(18)25-4)11-24-22-10-16-8-20(2,13-22)12-21(3,9-16)14-22/h6-7,16,24H,5,8-14H2,1-4H3. The number of methoxy groups -OCH3 is 1. The highest BCUT2D eigenvalue weighted by atomic mass is 79.9. The Morgan fingerprint density at radius 2 is 1.81 bits per heavy atom. The second-order valence-electron chi connectivity index (χ2n) is 9.81. The lowest BCUT2D eigenvalue weighted by Gasteiger charge is -2.65. The summed E-state index contributed by atoms with van der Waals surface area (Å²) in [4.78, 5) is 0. The number of hydrogen-bond acceptors (Lipinski definition) is 3. The van der Waals surface area contributed by atoms with Gasteiger partial charge in [-0.2, -0.15) is 0 Å². The summed E-state index contributed by atoms with van der Waals surface area (Å²) in [6, 6.07) is 4.29. The van der Waals surface area contributed by atoms with Gasteiger partial charge in [-0.1, -0.05) is 13.8 Å². The molecule has 144 valence electrons. The zero-order valence-electron chi connectivity index (χ0n) is 16.6. The molecule has 4 aliphatic carbocycles. The quantitative estimate of drug-likeness (QED) is 0.639. The number of halogens is 1. The summed E-state index contributed by atoms with van der Waals surface area (Å²) < 4.78 is 12.3. The molecule has 2 atom stereocenters. The predicted octanol–water partition coefficient (Wildman–Crippen LogP) is 5.70. The van der Waals surface area contributed by atoms with Crippen LogP contribution in [0.1, 0.15) is 64.9 Å². The third-order valence-electron chi connectivity index (χ3n) is 6.87. The lowest BCUT2D eigenvalue weighted by atomic mass is 9.43. The Bertz CT molecular complexity index is 686. The number of nitrogens with one attached hydrogen (secondary N) is 1. The highest BCUT2D eigenvalue weighted by Crippen LogP contribution is 2.66. The Balaban J connectivity index is 1.54. The van der Waals surface area contributed by atoms with Crippen molar-refractivity contribution in [2.75, 3.05) is 13.7 Å². The Morgan fingerprint density at radius 1 is 1.12 bits per heavy atom. The van der Waals surface area contributed by atoms with Crippen LogP contribution in [0.4, 0.5) is 0 Å². The summed E-state index contributed by atoms with van der Waals surface area (Å²) in [5.41, 5.74) is 2.66. The Hall–Kier alpha value is -0.740. The molecule has 2 unspecified atom stereocenters. The summed E-state index contributed by atoms with van der Waals surface area (Å²) in [6.45, 7) is 8.60. The fourth-order valence-electron chi connectivity index (χ4n) is 7.12. The summed E-state index contributed by atoms with van der Waals surface area (Å²) in [5, 5.41) is 4.01. The van der Waals surface area contributed by atoms with Crippen LogP contribution in [0.25, 0.3) is 0 Å². The molecule has 1 aromatic carbocycles. The first kappa shape index (κ1) is 18.6. The largest absolute Gasteiger partial charge is 0.492 e. The van der Waals surface area contributed by atoms with E-state index in [0.717, 1.165) is 28.4 Å². The first-order valence-corrected chi connectivity index (χ1v) is 10.8. The highest BCUT2D eigenvalue weighted by Gasteiger charge is 2.59. The molecule has 4 bridgehead atoms. The summed E-state index contributed by atoms with van der Waals surface area (Å²) in [5.74, 6) is 2.52. The number of rotatable bonds is 6. The first-order chi connectivity index (χ1) is 12.3. The first-order valence-electron chi connectivity index (χ1n) is 10.0. The van der Waals surface area contributed by atoms with Gasteiger partial charge >= 0.3 is 0 Å². The second-order valence-corrected chi connectivity index (χ2v) is 10.7. The van der Waals surface area contributed by atoms with Gasteiger partial charge in [0.05, 0.1) is 18.2 Å². The highest BCUT2D eigenvalue weighted by molar-refractivity contribution is 9.10. The van der Waals surface area contributed by atoms with Gasteiger partial charge in [-0.15, -0.1) is 0 Å². The summed E-state index contributed by atoms with van der Waals surface area (Å²) in [6.07, 6.45) is 8.32. The zero-order chi connectivity index (χ0) is 18.6. The molecule has 26 heavy (non-hydrogen) atoms. The van der Waals surface area contributed by atoms with E-state index in [1.165, 1.54) is 44.1 Å². The van der Waals surface area contributed by atoms with Crippen molar-refractivity contribution in [3.63, 3.8) is 0 Å². The molecular formula is C22H32BrNO2. The van der Waals surface area contributed by atoms with Crippen molar-refractivity contribution in [3.8, 4) is 11.5 Å². The van der Waals surface area contributed by atoms with Gasteiger partial charge < -0.3 is 14.8 Å². The molecule has 1 aromatic rings. The van der Waals surface area contributed by atoms with E-state index in [2.05, 4.69) is 47.2 Å². The molecule has 0 spiro atoms. The average molecular weight is 422 g/mol. The Labute approximate surface area is 166 Å². The molecule has 0 radical (unpaired) electrons. The molecule has 4 saturated carbocycles. The van der Waals surface area contributed by atoms with Crippen LogP contribution in [0.5, 0.6) is 11.5 Å². The lowest BCUT2D eigenvalue weighted by molar-refractivity contribution is -0.118. The molecule has 0 heterocycles. The summed E-state index contributed by atoms with van der Waals surface area (Å²) >= 11 is 3.65. The lowest BCUT2D eigenvalue weighted by Crippen LogP contribution is -2.63. The molecule has 4 aliphatic rings. The molecular weight excluding hydrogens is 390 g/mol. The maximum absolute atomic E-state index is 5.79. The fraction of sp³-hybridized carbons (Fsp3) is 0.727. The molecule has 0 saturated heterocycles. The number of benzene rings is 1. The van der Waals surface area contributed by atoms with Crippen LogP contribution in [-0.2, 0) is 6.54 Å². The molecule has 4 fully saturated rings. The van der Waals surface area contributed by atoms with Crippen molar-refractivity contribution in [2.24, 2.45) is 16.7 Å². The van der Waals surface area contributed by atoms with E-state index in [1.54, 1.807) is 7.11 Å². The Kier molecular flexibility index (Phi) is 4.59. The second kappa shape index (κ2) is 6.41. The smallest absolute Gasteiger partial charge is 0.174 e. The normalized spacial score (nSPS) is 37.8. The third kappa shape index (κ3) is 3.28. The minimum atomic E-state index is 0.321. The van der Waals surface area contributed by atoms with E-state index < -0.39 is 0 Å². The third-order valence-corrected chi connectivity index (χ3v) is 7.46. The number of ether oxygens (including phenoxy) is 2. The average Bonchev–Trinajstić information content (AvgIpc) is 2.50. The van der Waals surface area contributed by atoms with Crippen LogP contribution in [0.2, 0.25) is 0 Å². The van der Waals surface area contributed by atoms with Crippen LogP contribution < -0.4 is 14.8 Å². The van der Waals surface area contributed by atoms with Gasteiger partial charge in [0.1, 0.15) is 0 Å². The zero-order valence-corrected chi connectivity index (χ0v) is 18.2. The van der Waals surface area contributed by atoms with E-state index >= 15 is 0 Å². The molecule has 3 nitrogen and oxygen atoms in total. The van der Waals surface area contributed by atoms with Crippen LogP contribution in [0, 0.1) is 16.7 Å². The molecule has 1 N–H and O–H groups in total. The van der Waals surface area contributed by atoms with Crippen LogP contribution >= 0.6 is 15.9 Å². The van der Waals surface area contributed by atoms with E-state index in [0.29, 0.717) is 23.0 Å². The SMILES string of the molecule is CCOc1cc(CNC23CC4CC(C)(CC(C)(C4)C2)C3)cc(Br)c1OC. The van der Waals surface area contributed by atoms with E-state index in [-0.39, 0.29) is 0 Å². The fourth-order valence-corrected chi connectivity index (χ4v) is 7.77.